The van der Waals surface area contributed by atoms with E-state index in [2.05, 4.69) is 11.4 Å². The Hall–Kier alpha value is -1.37. The van der Waals surface area contributed by atoms with E-state index in [1.165, 1.54) is 32.1 Å². The van der Waals surface area contributed by atoms with Crippen LogP contribution in [0.4, 0.5) is 0 Å². The Morgan fingerprint density at radius 3 is 2.17 bits per heavy atom. The van der Waals surface area contributed by atoms with Crippen LogP contribution in [0.2, 0.25) is 0 Å². The van der Waals surface area contributed by atoms with Gasteiger partial charge in [-0.1, -0.05) is 30.3 Å². The summed E-state index contributed by atoms with van der Waals surface area (Å²) in [5, 5.41) is 23.1. The summed E-state index contributed by atoms with van der Waals surface area (Å²) in [5.74, 6) is 3.77. The normalized spacial score (nSPS) is 37.3. The molecule has 0 amide bonds. The van der Waals surface area contributed by atoms with Gasteiger partial charge in [0.2, 0.25) is 0 Å². The van der Waals surface area contributed by atoms with Crippen molar-refractivity contribution in [3.05, 3.63) is 35.9 Å². The zero-order valence-corrected chi connectivity index (χ0v) is 13.6. The lowest BCUT2D eigenvalue weighted by molar-refractivity contribution is -0.0463. The van der Waals surface area contributed by atoms with Crippen molar-refractivity contribution >= 4 is 0 Å². The van der Waals surface area contributed by atoms with Crippen molar-refractivity contribution in [3.8, 4) is 6.07 Å². The van der Waals surface area contributed by atoms with Gasteiger partial charge in [0, 0.05) is 0 Å². The zero-order chi connectivity index (χ0) is 15.8. The first-order chi connectivity index (χ1) is 11.3. The smallest absolute Gasteiger partial charge is 0.0992 e. The summed E-state index contributed by atoms with van der Waals surface area (Å²) in [6.45, 7) is 0.0372. The van der Waals surface area contributed by atoms with Gasteiger partial charge in [-0.05, 0) is 67.3 Å². The fourth-order valence-corrected chi connectivity index (χ4v) is 5.90. The molecule has 0 aromatic heterocycles. The van der Waals surface area contributed by atoms with Gasteiger partial charge in [0.15, 0.2) is 0 Å². The van der Waals surface area contributed by atoms with Gasteiger partial charge in [0.05, 0.1) is 24.8 Å². The van der Waals surface area contributed by atoms with Gasteiger partial charge in [0.25, 0.3) is 0 Å². The van der Waals surface area contributed by atoms with Crippen molar-refractivity contribution in [2.45, 2.75) is 44.2 Å². The number of aliphatic hydroxyl groups is 1. The Morgan fingerprint density at radius 2 is 1.65 bits per heavy atom. The van der Waals surface area contributed by atoms with Gasteiger partial charge in [-0.3, -0.25) is 5.32 Å². The van der Waals surface area contributed by atoms with E-state index in [1.54, 1.807) is 0 Å². The minimum absolute atomic E-state index is 0.0372. The highest BCUT2D eigenvalue weighted by Crippen LogP contribution is 2.57. The number of nitriles is 1. The second-order valence-electron chi connectivity index (χ2n) is 7.93. The molecule has 0 heterocycles. The number of nitrogens with zero attached hydrogens (tertiary/aromatic N) is 1. The van der Waals surface area contributed by atoms with E-state index in [4.69, 9.17) is 0 Å². The lowest BCUT2D eigenvalue weighted by atomic mass is 9.50. The molecule has 0 saturated heterocycles. The molecule has 122 valence electrons. The van der Waals surface area contributed by atoms with Crippen LogP contribution in [0.15, 0.2) is 30.3 Å². The molecule has 0 spiro atoms. The monoisotopic (exact) mass is 310 g/mol. The van der Waals surface area contributed by atoms with Crippen molar-refractivity contribution in [2.75, 3.05) is 6.61 Å². The quantitative estimate of drug-likeness (QED) is 0.877. The summed E-state index contributed by atoms with van der Waals surface area (Å²) in [5.41, 5.74) is 1.07. The Morgan fingerprint density at radius 1 is 1.04 bits per heavy atom. The van der Waals surface area contributed by atoms with Crippen LogP contribution in [0.5, 0.6) is 0 Å². The molecule has 4 aliphatic carbocycles. The molecule has 4 fully saturated rings. The zero-order valence-electron chi connectivity index (χ0n) is 13.6. The van der Waals surface area contributed by atoms with Gasteiger partial charge in [-0.2, -0.15) is 5.26 Å². The van der Waals surface area contributed by atoms with E-state index in [0.717, 1.165) is 29.2 Å². The highest BCUT2D eigenvalue weighted by Gasteiger charge is 2.50. The largest absolute Gasteiger partial charge is 0.394 e. The van der Waals surface area contributed by atoms with E-state index < -0.39 is 0 Å². The third-order valence-corrected chi connectivity index (χ3v) is 6.59. The first-order valence-electron chi connectivity index (χ1n) is 9.10. The van der Waals surface area contributed by atoms with Gasteiger partial charge >= 0.3 is 0 Å². The summed E-state index contributed by atoms with van der Waals surface area (Å²) in [6.07, 6.45) is 6.74. The first kappa shape index (κ1) is 15.2. The Kier molecular flexibility index (Phi) is 4.13. The van der Waals surface area contributed by atoms with E-state index in [-0.39, 0.29) is 18.7 Å². The van der Waals surface area contributed by atoms with Crippen LogP contribution in [0.3, 0.4) is 0 Å². The molecular formula is C20H26N2O. The summed E-state index contributed by atoms with van der Waals surface area (Å²) in [6, 6.07) is 12.3. The van der Waals surface area contributed by atoms with Crippen LogP contribution in [0.1, 0.15) is 43.7 Å². The third-order valence-electron chi connectivity index (χ3n) is 6.59. The molecule has 4 bridgehead atoms. The summed E-state index contributed by atoms with van der Waals surface area (Å²) >= 11 is 0. The molecule has 23 heavy (non-hydrogen) atoms. The SMILES string of the molecule is N#CC(N[C@H](CO)c1ccccc1)C1C2CC3CC(C2)CC1C3. The number of aliphatic hydroxyl groups excluding tert-OH is 1. The lowest BCUT2D eigenvalue weighted by Crippen LogP contribution is -2.53. The maximum Gasteiger partial charge on any atom is 0.0992 e. The fourth-order valence-electron chi connectivity index (χ4n) is 5.90. The minimum atomic E-state index is -0.141. The fraction of sp³-hybridized carbons (Fsp3) is 0.650. The molecule has 0 radical (unpaired) electrons. The summed E-state index contributed by atoms with van der Waals surface area (Å²) < 4.78 is 0. The standard InChI is InChI=1S/C20H26N2O/c21-11-18(22-19(12-23)15-4-2-1-3-5-15)20-16-7-13-6-14(9-16)10-17(20)8-13/h1-5,13-14,16-20,22-23H,6-10,12H2/t13?,14?,16?,17?,18?,19-,20?/m1/s1. The average Bonchev–Trinajstić information content (AvgIpc) is 2.57. The van der Waals surface area contributed by atoms with Crippen molar-refractivity contribution in [1.29, 1.82) is 5.26 Å². The maximum absolute atomic E-state index is 9.81. The van der Waals surface area contributed by atoms with Crippen molar-refractivity contribution < 1.29 is 5.11 Å². The number of hydrogen-bond donors (Lipinski definition) is 2. The van der Waals surface area contributed by atoms with E-state index in [0.29, 0.717) is 5.92 Å². The molecule has 4 aliphatic rings. The van der Waals surface area contributed by atoms with Crippen LogP contribution in [0, 0.1) is 40.9 Å². The third kappa shape index (κ3) is 2.79. The molecule has 5 rings (SSSR count). The molecular weight excluding hydrogens is 284 g/mol. The Balaban J connectivity index is 1.51. The van der Waals surface area contributed by atoms with Crippen molar-refractivity contribution in [2.24, 2.45) is 29.6 Å². The van der Waals surface area contributed by atoms with Gasteiger partial charge in [-0.15, -0.1) is 0 Å². The molecule has 0 aliphatic heterocycles. The number of benzene rings is 1. The Bertz CT molecular complexity index is 551. The topological polar surface area (TPSA) is 56.0 Å². The highest BCUT2D eigenvalue weighted by atomic mass is 16.3. The number of rotatable bonds is 5. The highest BCUT2D eigenvalue weighted by molar-refractivity contribution is 5.20. The second kappa shape index (κ2) is 6.26. The van der Waals surface area contributed by atoms with Gasteiger partial charge in [-0.25, -0.2) is 0 Å². The summed E-state index contributed by atoms with van der Waals surface area (Å²) in [7, 11) is 0. The number of hydrogen-bond acceptors (Lipinski definition) is 3. The number of nitrogens with one attached hydrogen (secondary N) is 1. The van der Waals surface area contributed by atoms with E-state index in [1.807, 2.05) is 30.3 Å². The predicted octanol–water partition coefficient (Wildman–Crippen LogP) is 3.27. The molecule has 1 aromatic carbocycles. The second-order valence-corrected chi connectivity index (χ2v) is 7.93. The van der Waals surface area contributed by atoms with Crippen molar-refractivity contribution in [1.82, 2.24) is 5.32 Å². The molecule has 3 nitrogen and oxygen atoms in total. The Labute approximate surface area is 138 Å². The molecule has 1 aromatic rings. The molecule has 3 heteroatoms. The van der Waals surface area contributed by atoms with E-state index >= 15 is 0 Å². The molecule has 2 N–H and O–H groups in total. The van der Waals surface area contributed by atoms with Crippen molar-refractivity contribution in [3.63, 3.8) is 0 Å². The minimum Gasteiger partial charge on any atom is -0.394 e. The molecule has 1 unspecified atom stereocenters. The van der Waals surface area contributed by atoms with Crippen LogP contribution >= 0.6 is 0 Å². The average molecular weight is 310 g/mol. The van der Waals surface area contributed by atoms with Crippen LogP contribution in [-0.4, -0.2) is 17.8 Å². The summed E-state index contributed by atoms with van der Waals surface area (Å²) in [4.78, 5) is 0. The van der Waals surface area contributed by atoms with E-state index in [9.17, 15) is 10.4 Å². The van der Waals surface area contributed by atoms with Gasteiger partial charge < -0.3 is 5.11 Å². The lowest BCUT2D eigenvalue weighted by Gasteiger charge is -2.55. The molecule has 2 atom stereocenters. The molecule has 4 saturated carbocycles. The van der Waals surface area contributed by atoms with Crippen LogP contribution in [-0.2, 0) is 0 Å². The maximum atomic E-state index is 9.81. The van der Waals surface area contributed by atoms with Crippen LogP contribution in [0.25, 0.3) is 0 Å². The first-order valence-corrected chi connectivity index (χ1v) is 9.10. The van der Waals surface area contributed by atoms with Crippen LogP contribution < -0.4 is 5.32 Å². The predicted molar refractivity (Wildman–Crippen MR) is 89.3 cm³/mol. The van der Waals surface area contributed by atoms with Gasteiger partial charge in [0.1, 0.15) is 0 Å².